The Morgan fingerprint density at radius 3 is 2.66 bits per heavy atom. The molecule has 32 heavy (non-hydrogen) atoms. The lowest BCUT2D eigenvalue weighted by atomic mass is 9.83. The fourth-order valence-corrected chi connectivity index (χ4v) is 4.54. The smallest absolute Gasteiger partial charge is 0.194 e. The first kappa shape index (κ1) is 22.6. The first-order chi connectivity index (χ1) is 15.1. The number of ether oxygens (including phenoxy) is 1. The first-order valence-electron chi connectivity index (χ1n) is 10.8. The number of hydrogen-bond donors (Lipinski definition) is 1. The molecule has 7 nitrogen and oxygen atoms in total. The van der Waals surface area contributed by atoms with Gasteiger partial charge in [0, 0.05) is 36.8 Å². The van der Waals surface area contributed by atoms with Crippen LogP contribution in [0, 0.1) is 6.92 Å². The highest BCUT2D eigenvalue weighted by atomic mass is 35.5. The summed E-state index contributed by atoms with van der Waals surface area (Å²) in [6, 6.07) is 5.77. The molecule has 1 fully saturated rings. The zero-order chi connectivity index (χ0) is 23.2. The highest BCUT2D eigenvalue weighted by Gasteiger charge is 2.36. The Hall–Kier alpha value is -2.64. The number of nitrogens with two attached hydrogens (primary N) is 1. The molecular formula is C24H30ClN5O2. The number of fused-ring (bicyclic) bond motifs is 1. The molecule has 0 spiro atoms. The highest BCUT2D eigenvalue weighted by molar-refractivity contribution is 6.17. The third-order valence-corrected chi connectivity index (χ3v) is 6.65. The van der Waals surface area contributed by atoms with Crippen LogP contribution in [0.15, 0.2) is 35.5 Å². The van der Waals surface area contributed by atoms with Gasteiger partial charge < -0.3 is 15.0 Å². The summed E-state index contributed by atoms with van der Waals surface area (Å²) < 4.78 is 7.74. The number of alkyl halides is 1. The summed E-state index contributed by atoms with van der Waals surface area (Å²) in [4.78, 5) is 23.2. The number of pyridine rings is 1. The molecule has 1 unspecified atom stereocenters. The average Bonchev–Trinajstić information content (AvgIpc) is 2.68. The monoisotopic (exact) mass is 455 g/mol. The minimum Gasteiger partial charge on any atom is -0.478 e. The van der Waals surface area contributed by atoms with Gasteiger partial charge in [0.05, 0.1) is 6.04 Å². The minimum absolute atomic E-state index is 0.0849. The van der Waals surface area contributed by atoms with Crippen molar-refractivity contribution in [3.8, 4) is 5.75 Å². The van der Waals surface area contributed by atoms with Crippen molar-refractivity contribution >= 4 is 28.5 Å². The Kier molecular flexibility index (Phi) is 5.90. The van der Waals surface area contributed by atoms with Crippen LogP contribution < -0.4 is 15.9 Å². The quantitative estimate of drug-likeness (QED) is 0.584. The molecule has 2 aromatic heterocycles. The molecule has 0 radical (unpaired) electrons. The minimum atomic E-state index is -0.186. The molecule has 3 heterocycles. The van der Waals surface area contributed by atoms with Crippen LogP contribution in [0.25, 0.3) is 11.0 Å². The molecule has 0 amide bonds. The zero-order valence-corrected chi connectivity index (χ0v) is 20.0. The molecule has 2 N–H and O–H groups in total. The molecule has 170 valence electrons. The van der Waals surface area contributed by atoms with Gasteiger partial charge in [-0.1, -0.05) is 17.7 Å². The van der Waals surface area contributed by atoms with Crippen LogP contribution in [-0.2, 0) is 0 Å². The van der Waals surface area contributed by atoms with E-state index in [1.165, 1.54) is 18.0 Å². The molecule has 4 rings (SSSR count). The lowest BCUT2D eigenvalue weighted by Gasteiger charge is -2.48. The van der Waals surface area contributed by atoms with Gasteiger partial charge in [-0.05, 0) is 57.4 Å². The average molecular weight is 456 g/mol. The van der Waals surface area contributed by atoms with Crippen LogP contribution in [0.1, 0.15) is 56.3 Å². The second kappa shape index (κ2) is 8.37. The highest BCUT2D eigenvalue weighted by Crippen LogP contribution is 2.39. The van der Waals surface area contributed by atoms with E-state index in [1.807, 2.05) is 10.6 Å². The molecule has 1 aliphatic rings. The lowest BCUT2D eigenvalue weighted by Crippen LogP contribution is -2.54. The maximum atomic E-state index is 12.4. The van der Waals surface area contributed by atoms with E-state index < -0.39 is 0 Å². The van der Waals surface area contributed by atoms with Crippen molar-refractivity contribution < 1.29 is 4.74 Å². The van der Waals surface area contributed by atoms with Gasteiger partial charge in [-0.3, -0.25) is 9.69 Å². The summed E-state index contributed by atoms with van der Waals surface area (Å²) in [5.41, 5.74) is 9.92. The molecule has 0 bridgehead atoms. The van der Waals surface area contributed by atoms with Gasteiger partial charge in [0.15, 0.2) is 11.5 Å². The van der Waals surface area contributed by atoms with Crippen LogP contribution in [0.5, 0.6) is 5.75 Å². The van der Waals surface area contributed by atoms with Gasteiger partial charge in [0.1, 0.15) is 28.9 Å². The van der Waals surface area contributed by atoms with Gasteiger partial charge in [-0.2, -0.15) is 0 Å². The van der Waals surface area contributed by atoms with Crippen LogP contribution in [0.2, 0.25) is 0 Å². The Balaban J connectivity index is 1.78. The maximum Gasteiger partial charge on any atom is 0.194 e. The molecule has 1 aromatic carbocycles. The van der Waals surface area contributed by atoms with E-state index in [0.29, 0.717) is 17.0 Å². The molecule has 0 saturated carbocycles. The summed E-state index contributed by atoms with van der Waals surface area (Å²) in [7, 11) is 0. The van der Waals surface area contributed by atoms with E-state index in [2.05, 4.69) is 55.6 Å². The Labute approximate surface area is 193 Å². The number of nitrogen functional groups attached to an aromatic ring is 1. The van der Waals surface area contributed by atoms with Crippen molar-refractivity contribution in [1.29, 1.82) is 0 Å². The maximum absolute atomic E-state index is 12.4. The normalized spacial score (nSPS) is 16.2. The van der Waals surface area contributed by atoms with E-state index in [-0.39, 0.29) is 28.9 Å². The van der Waals surface area contributed by atoms with Gasteiger partial charge in [-0.25, -0.2) is 9.97 Å². The third-order valence-electron chi connectivity index (χ3n) is 6.54. The van der Waals surface area contributed by atoms with E-state index in [9.17, 15) is 4.79 Å². The van der Waals surface area contributed by atoms with Crippen LogP contribution >= 0.6 is 11.6 Å². The van der Waals surface area contributed by atoms with Gasteiger partial charge >= 0.3 is 0 Å². The molecule has 8 heteroatoms. The summed E-state index contributed by atoms with van der Waals surface area (Å²) in [5, 5.41) is 0.339. The van der Waals surface area contributed by atoms with Crippen LogP contribution in [-0.4, -0.2) is 44.1 Å². The van der Waals surface area contributed by atoms with Gasteiger partial charge in [0.2, 0.25) is 0 Å². The number of anilines is 1. The fourth-order valence-electron chi connectivity index (χ4n) is 4.42. The molecular weight excluding hydrogens is 426 g/mol. The second-order valence-corrected chi connectivity index (χ2v) is 9.70. The molecule has 1 aliphatic heterocycles. The Bertz CT molecular complexity index is 1210. The van der Waals surface area contributed by atoms with E-state index in [4.69, 9.17) is 22.1 Å². The van der Waals surface area contributed by atoms with Gasteiger partial charge in [-0.15, -0.1) is 0 Å². The van der Waals surface area contributed by atoms with E-state index in [0.717, 1.165) is 30.0 Å². The largest absolute Gasteiger partial charge is 0.478 e. The van der Waals surface area contributed by atoms with Crippen LogP contribution in [0.3, 0.4) is 0 Å². The number of rotatable bonds is 5. The summed E-state index contributed by atoms with van der Waals surface area (Å²) in [6.07, 6.45) is 3.15. The first-order valence-corrected chi connectivity index (χ1v) is 11.3. The van der Waals surface area contributed by atoms with Crippen molar-refractivity contribution in [3.63, 3.8) is 0 Å². The molecule has 1 saturated heterocycles. The zero-order valence-electron chi connectivity index (χ0n) is 19.2. The third kappa shape index (κ3) is 3.95. The second-order valence-electron chi connectivity index (χ2n) is 9.48. The predicted molar refractivity (Wildman–Crippen MR) is 129 cm³/mol. The number of nitrogens with zero attached hydrogens (tertiary/aromatic N) is 4. The summed E-state index contributed by atoms with van der Waals surface area (Å²) in [6.45, 7) is 12.9. The van der Waals surface area contributed by atoms with Crippen molar-refractivity contribution in [2.24, 2.45) is 0 Å². The number of aromatic nitrogens is 3. The number of likely N-dealkylation sites (tertiary alicyclic amines) is 1. The van der Waals surface area contributed by atoms with Crippen molar-refractivity contribution in [2.75, 3.05) is 24.9 Å². The van der Waals surface area contributed by atoms with Crippen molar-refractivity contribution in [3.05, 3.63) is 57.6 Å². The van der Waals surface area contributed by atoms with E-state index in [1.54, 1.807) is 6.20 Å². The fraction of sp³-hybridized carbons (Fsp3) is 0.458. The molecule has 0 aliphatic carbocycles. The summed E-state index contributed by atoms with van der Waals surface area (Å²) in [5.74, 6) is 1.41. The standard InChI is InChI=1S/C24H30ClN5O2/c1-14-18(17-10-29(11-17)24(3,4)5)8-16(9-20(14)32-12-25)15(2)30-7-6-19(31)21-22(26)27-13-28-23(21)30/h6-9,13,15,17H,10-12H2,1-5H3,(H2,26,27,28). The SMILES string of the molecule is Cc1c(OCCl)cc(C(C)n2ccc(=O)c3c(N)ncnc32)cc1C1CN(C(C)(C)C)C1. The van der Waals surface area contributed by atoms with Crippen molar-refractivity contribution in [2.45, 2.75) is 52.1 Å². The van der Waals surface area contributed by atoms with E-state index >= 15 is 0 Å². The Morgan fingerprint density at radius 1 is 1.28 bits per heavy atom. The van der Waals surface area contributed by atoms with Crippen molar-refractivity contribution in [1.82, 2.24) is 19.4 Å². The molecule has 1 atom stereocenters. The lowest BCUT2D eigenvalue weighted by molar-refractivity contribution is 0.0467. The molecule has 3 aromatic rings. The van der Waals surface area contributed by atoms with Crippen LogP contribution in [0.4, 0.5) is 5.82 Å². The summed E-state index contributed by atoms with van der Waals surface area (Å²) >= 11 is 5.93. The number of benzene rings is 1. The topological polar surface area (TPSA) is 86.3 Å². The van der Waals surface area contributed by atoms with Gasteiger partial charge in [0.25, 0.3) is 0 Å². The number of halogens is 1. The predicted octanol–water partition coefficient (Wildman–Crippen LogP) is 4.06. The number of hydrogen-bond acceptors (Lipinski definition) is 6. The Morgan fingerprint density at radius 2 is 2.00 bits per heavy atom.